The van der Waals surface area contributed by atoms with Crippen LogP contribution in [-0.4, -0.2) is 38.2 Å². The highest BCUT2D eigenvalue weighted by molar-refractivity contribution is 5.95. The molecule has 10 heteroatoms. The fourth-order valence-corrected chi connectivity index (χ4v) is 4.86. The van der Waals surface area contributed by atoms with E-state index in [2.05, 4.69) is 9.97 Å². The van der Waals surface area contributed by atoms with E-state index in [1.165, 1.54) is 16.7 Å². The quantitative estimate of drug-likeness (QED) is 0.361. The van der Waals surface area contributed by atoms with Gasteiger partial charge in [-0.15, -0.1) is 0 Å². The number of hydrogen-bond donors (Lipinski definition) is 1. The van der Waals surface area contributed by atoms with Gasteiger partial charge in [-0.05, 0) is 55.3 Å². The molecule has 4 aromatic rings. The van der Waals surface area contributed by atoms with Gasteiger partial charge in [0.1, 0.15) is 22.9 Å². The number of carbonyl (C=O) groups excluding carboxylic acids is 1. The molecule has 3 heterocycles. The van der Waals surface area contributed by atoms with Gasteiger partial charge in [-0.3, -0.25) is 18.7 Å². The van der Waals surface area contributed by atoms with Crippen LogP contribution in [0.25, 0.3) is 22.6 Å². The molecular weight excluding hydrogens is 489 g/mol. The lowest BCUT2D eigenvalue weighted by atomic mass is 10.1. The Hall–Kier alpha value is -4.21. The number of aryl methyl sites for hydroxylation is 1. The van der Waals surface area contributed by atoms with Crippen LogP contribution in [0.5, 0.6) is 5.75 Å². The van der Waals surface area contributed by atoms with E-state index in [-0.39, 0.29) is 28.9 Å². The molecule has 1 unspecified atom stereocenters. The van der Waals surface area contributed by atoms with E-state index in [9.17, 15) is 18.8 Å². The number of ether oxygens (including phenoxy) is 1. The van der Waals surface area contributed by atoms with Crippen molar-refractivity contribution in [1.29, 1.82) is 0 Å². The second-order valence-corrected chi connectivity index (χ2v) is 9.56. The smallest absolute Gasteiger partial charge is 0.332 e. The lowest BCUT2D eigenvalue weighted by molar-refractivity contribution is -0.117. The molecule has 2 aromatic carbocycles. The van der Waals surface area contributed by atoms with E-state index in [1.807, 2.05) is 26.0 Å². The van der Waals surface area contributed by atoms with Crippen LogP contribution in [-0.2, 0) is 17.9 Å². The number of rotatable bonds is 9. The summed E-state index contributed by atoms with van der Waals surface area (Å²) in [4.78, 5) is 47.6. The summed E-state index contributed by atoms with van der Waals surface area (Å²) >= 11 is 0. The molecular formula is C28H30FN5O4. The van der Waals surface area contributed by atoms with Crippen LogP contribution in [0.3, 0.4) is 0 Å². The molecule has 2 aromatic heterocycles. The Morgan fingerprint density at radius 3 is 2.47 bits per heavy atom. The molecule has 1 amide bonds. The van der Waals surface area contributed by atoms with Crippen LogP contribution in [0, 0.1) is 11.7 Å². The van der Waals surface area contributed by atoms with Gasteiger partial charge in [0.2, 0.25) is 5.91 Å². The summed E-state index contributed by atoms with van der Waals surface area (Å²) in [5.41, 5.74) is 1.27. The Morgan fingerprint density at radius 1 is 1.03 bits per heavy atom. The number of aromatic amines is 1. The maximum absolute atomic E-state index is 13.6. The van der Waals surface area contributed by atoms with Crippen molar-refractivity contribution < 1.29 is 13.9 Å². The molecule has 38 heavy (non-hydrogen) atoms. The summed E-state index contributed by atoms with van der Waals surface area (Å²) in [6, 6.07) is 13.3. The van der Waals surface area contributed by atoms with E-state index in [0.717, 1.165) is 12.0 Å². The van der Waals surface area contributed by atoms with Crippen molar-refractivity contribution in [1.82, 2.24) is 19.1 Å². The number of amides is 1. The lowest BCUT2D eigenvalue weighted by Crippen LogP contribution is -2.40. The van der Waals surface area contributed by atoms with E-state index in [4.69, 9.17) is 4.74 Å². The van der Waals surface area contributed by atoms with Crippen molar-refractivity contribution in [3.8, 4) is 17.1 Å². The molecule has 1 aliphatic rings. The third kappa shape index (κ3) is 4.85. The molecule has 9 nitrogen and oxygen atoms in total. The first-order valence-electron chi connectivity index (χ1n) is 12.9. The number of nitrogens with zero attached hydrogens (tertiary/aromatic N) is 4. The number of H-pyrrole nitrogens is 1. The zero-order valence-corrected chi connectivity index (χ0v) is 21.4. The van der Waals surface area contributed by atoms with Gasteiger partial charge in [0.25, 0.3) is 5.56 Å². The van der Waals surface area contributed by atoms with Gasteiger partial charge in [-0.25, -0.2) is 14.2 Å². The first-order chi connectivity index (χ1) is 18.4. The molecule has 0 bridgehead atoms. The fraction of sp³-hybridized carbons (Fsp3) is 0.357. The minimum atomic E-state index is -0.375. The average Bonchev–Trinajstić information content (AvgIpc) is 3.52. The number of aromatic nitrogens is 4. The summed E-state index contributed by atoms with van der Waals surface area (Å²) in [6.07, 6.45) is 1.75. The maximum atomic E-state index is 13.6. The highest BCUT2D eigenvalue weighted by Gasteiger charge is 2.31. The molecule has 0 saturated carbocycles. The van der Waals surface area contributed by atoms with Gasteiger partial charge in [0.05, 0.1) is 6.61 Å². The highest BCUT2D eigenvalue weighted by Crippen LogP contribution is 2.27. The van der Waals surface area contributed by atoms with Gasteiger partial charge in [-0.1, -0.05) is 19.9 Å². The molecule has 0 radical (unpaired) electrons. The van der Waals surface area contributed by atoms with Crippen molar-refractivity contribution in [3.63, 3.8) is 0 Å². The van der Waals surface area contributed by atoms with Crippen LogP contribution in [0.4, 0.5) is 10.1 Å². The molecule has 198 valence electrons. The molecule has 1 aliphatic heterocycles. The number of nitrogens with one attached hydrogen (secondary N) is 1. The van der Waals surface area contributed by atoms with E-state index >= 15 is 0 Å². The normalized spacial score (nSPS) is 15.5. The van der Waals surface area contributed by atoms with Crippen LogP contribution >= 0.6 is 0 Å². The Balaban J connectivity index is 1.31. The summed E-state index contributed by atoms with van der Waals surface area (Å²) in [6.45, 7) is 5.53. The van der Waals surface area contributed by atoms with Crippen LogP contribution in [0.2, 0.25) is 0 Å². The number of carbonyl (C=O) groups is 1. The molecule has 1 N–H and O–H groups in total. The first-order valence-corrected chi connectivity index (χ1v) is 12.9. The van der Waals surface area contributed by atoms with Crippen molar-refractivity contribution >= 4 is 22.8 Å². The van der Waals surface area contributed by atoms with Crippen LogP contribution in [0.1, 0.15) is 33.1 Å². The summed E-state index contributed by atoms with van der Waals surface area (Å²) in [5.74, 6) is 0.689. The maximum Gasteiger partial charge on any atom is 0.332 e. The summed E-state index contributed by atoms with van der Waals surface area (Å²) in [5, 5.41) is 0. The minimum absolute atomic E-state index is 0.0126. The van der Waals surface area contributed by atoms with Gasteiger partial charge in [0.15, 0.2) is 5.65 Å². The van der Waals surface area contributed by atoms with Gasteiger partial charge in [-0.2, -0.15) is 0 Å². The second-order valence-electron chi connectivity index (χ2n) is 9.56. The SMILES string of the molecule is CCCn1c(=O)c2[nH]c(-c3ccc(OCC4CC(=O)N(c5cccc(F)c5)C4)cc3)nc2n(CCC)c1=O. The molecule has 1 atom stereocenters. The molecule has 0 spiro atoms. The predicted octanol–water partition coefficient (Wildman–Crippen LogP) is 3.94. The van der Waals surface area contributed by atoms with Gasteiger partial charge in [0, 0.05) is 43.2 Å². The van der Waals surface area contributed by atoms with E-state index in [0.29, 0.717) is 67.5 Å². The second kappa shape index (κ2) is 10.6. The average molecular weight is 520 g/mol. The number of hydrogen-bond acceptors (Lipinski definition) is 5. The van der Waals surface area contributed by atoms with Crippen LogP contribution in [0.15, 0.2) is 58.1 Å². The molecule has 5 rings (SSSR count). The van der Waals surface area contributed by atoms with Crippen molar-refractivity contribution in [2.24, 2.45) is 5.92 Å². The number of benzene rings is 2. The fourth-order valence-electron chi connectivity index (χ4n) is 4.86. The molecule has 1 fully saturated rings. The number of halogens is 1. The minimum Gasteiger partial charge on any atom is -0.493 e. The number of anilines is 1. The van der Waals surface area contributed by atoms with E-state index in [1.54, 1.807) is 33.7 Å². The molecule has 0 aliphatic carbocycles. The Bertz CT molecular complexity index is 1590. The van der Waals surface area contributed by atoms with Crippen molar-refractivity contribution in [2.75, 3.05) is 18.1 Å². The monoisotopic (exact) mass is 519 g/mol. The lowest BCUT2D eigenvalue weighted by Gasteiger charge is -2.17. The third-order valence-corrected chi connectivity index (χ3v) is 6.69. The summed E-state index contributed by atoms with van der Waals surface area (Å²) < 4.78 is 22.3. The number of imidazole rings is 1. The van der Waals surface area contributed by atoms with Crippen molar-refractivity contribution in [2.45, 2.75) is 46.2 Å². The zero-order valence-electron chi connectivity index (χ0n) is 21.4. The summed E-state index contributed by atoms with van der Waals surface area (Å²) in [7, 11) is 0. The third-order valence-electron chi connectivity index (χ3n) is 6.69. The van der Waals surface area contributed by atoms with E-state index < -0.39 is 0 Å². The molecule has 1 saturated heterocycles. The topological polar surface area (TPSA) is 102 Å². The predicted molar refractivity (Wildman–Crippen MR) is 143 cm³/mol. The largest absolute Gasteiger partial charge is 0.493 e. The Labute approximate surface area is 218 Å². The Kier molecular flexibility index (Phi) is 7.13. The van der Waals surface area contributed by atoms with Crippen LogP contribution < -0.4 is 20.9 Å². The zero-order chi connectivity index (χ0) is 26.8. The van der Waals surface area contributed by atoms with Gasteiger partial charge < -0.3 is 14.6 Å². The Morgan fingerprint density at radius 2 is 1.76 bits per heavy atom. The van der Waals surface area contributed by atoms with Gasteiger partial charge >= 0.3 is 5.69 Å². The van der Waals surface area contributed by atoms with Crippen molar-refractivity contribution in [3.05, 3.63) is 75.2 Å². The highest BCUT2D eigenvalue weighted by atomic mass is 19.1. The number of fused-ring (bicyclic) bond motifs is 1. The first kappa shape index (κ1) is 25.4. The standard InChI is InChI=1S/C28H30FN5O4/c1-3-12-32-26-24(27(36)33(13-4-2)28(32)37)30-25(31-26)19-8-10-22(11-9-19)38-17-18-14-23(35)34(16-18)21-7-5-6-20(29)15-21/h5-11,15,18H,3-4,12-14,16-17H2,1-2H3,(H,30,31).